The zero-order chi connectivity index (χ0) is 15.3. The minimum Gasteiger partial charge on any atom is -0.353 e. The number of nitrogens with zero attached hydrogens (tertiary/aromatic N) is 1. The maximum atomic E-state index is 12.4. The molecule has 1 aromatic carbocycles. The molecular formula is C17H27N3O. The Morgan fingerprint density at radius 3 is 2.52 bits per heavy atom. The van der Waals surface area contributed by atoms with Gasteiger partial charge in [0.05, 0.1) is 0 Å². The standard InChI is InChI=1S/C17H27N3O/c1-14(20-11-7-4-8-12-20)13-19-16(21)17(2,18)15-9-5-3-6-10-15/h3,5-6,9-10,14H,4,7-8,11-13,18H2,1-2H3,(H,19,21). The molecule has 1 amide bonds. The van der Waals surface area contributed by atoms with Gasteiger partial charge < -0.3 is 11.1 Å². The molecule has 0 bridgehead atoms. The maximum absolute atomic E-state index is 12.4. The minimum atomic E-state index is -0.983. The molecule has 3 N–H and O–H groups in total. The van der Waals surface area contributed by atoms with Crippen molar-refractivity contribution in [1.82, 2.24) is 10.2 Å². The van der Waals surface area contributed by atoms with Gasteiger partial charge in [0.2, 0.25) is 5.91 Å². The third-order valence-corrected chi connectivity index (χ3v) is 4.42. The lowest BCUT2D eigenvalue weighted by Crippen LogP contribution is -2.52. The van der Waals surface area contributed by atoms with Crippen LogP contribution in [0.25, 0.3) is 0 Å². The number of amides is 1. The number of piperidine rings is 1. The molecule has 0 spiro atoms. The van der Waals surface area contributed by atoms with E-state index in [1.54, 1.807) is 6.92 Å². The molecule has 1 aromatic rings. The number of nitrogens with two attached hydrogens (primary N) is 1. The molecule has 1 saturated heterocycles. The molecule has 1 heterocycles. The van der Waals surface area contributed by atoms with Crippen LogP contribution >= 0.6 is 0 Å². The van der Waals surface area contributed by atoms with Crippen LogP contribution in [0.15, 0.2) is 30.3 Å². The minimum absolute atomic E-state index is 0.113. The molecule has 4 heteroatoms. The highest BCUT2D eigenvalue weighted by Crippen LogP contribution is 2.17. The van der Waals surface area contributed by atoms with E-state index in [1.807, 2.05) is 30.3 Å². The molecule has 4 nitrogen and oxygen atoms in total. The summed E-state index contributed by atoms with van der Waals surface area (Å²) in [5.41, 5.74) is 6.08. The molecule has 0 aromatic heterocycles. The first kappa shape index (κ1) is 16.0. The zero-order valence-corrected chi connectivity index (χ0v) is 13.1. The van der Waals surface area contributed by atoms with Crippen molar-refractivity contribution in [3.05, 3.63) is 35.9 Å². The normalized spacial score (nSPS) is 20.5. The van der Waals surface area contributed by atoms with Crippen LogP contribution in [-0.2, 0) is 10.3 Å². The Bertz CT molecular complexity index is 452. The third-order valence-electron chi connectivity index (χ3n) is 4.42. The second-order valence-corrected chi connectivity index (χ2v) is 6.22. The van der Waals surface area contributed by atoms with Crippen LogP contribution < -0.4 is 11.1 Å². The first-order chi connectivity index (χ1) is 10.0. The molecule has 21 heavy (non-hydrogen) atoms. The molecule has 2 rings (SSSR count). The molecule has 0 saturated carbocycles. The van der Waals surface area contributed by atoms with Gasteiger partial charge in [-0.3, -0.25) is 9.69 Å². The van der Waals surface area contributed by atoms with Gasteiger partial charge in [0.25, 0.3) is 0 Å². The van der Waals surface area contributed by atoms with Crippen LogP contribution in [0, 0.1) is 0 Å². The van der Waals surface area contributed by atoms with Crippen LogP contribution in [0.3, 0.4) is 0 Å². The Labute approximate surface area is 127 Å². The fraction of sp³-hybridized carbons (Fsp3) is 0.588. The van der Waals surface area contributed by atoms with Gasteiger partial charge in [0.1, 0.15) is 5.54 Å². The average Bonchev–Trinajstić information content (AvgIpc) is 2.53. The highest BCUT2D eigenvalue weighted by molar-refractivity contribution is 5.86. The van der Waals surface area contributed by atoms with Crippen molar-refractivity contribution in [1.29, 1.82) is 0 Å². The second kappa shape index (κ2) is 7.05. The topological polar surface area (TPSA) is 58.4 Å². The molecule has 1 aliphatic rings. The zero-order valence-electron chi connectivity index (χ0n) is 13.1. The van der Waals surface area contributed by atoms with Gasteiger partial charge in [-0.25, -0.2) is 0 Å². The highest BCUT2D eigenvalue weighted by Gasteiger charge is 2.30. The van der Waals surface area contributed by atoms with E-state index in [1.165, 1.54) is 19.3 Å². The summed E-state index contributed by atoms with van der Waals surface area (Å²) < 4.78 is 0. The molecular weight excluding hydrogens is 262 g/mol. The lowest BCUT2D eigenvalue weighted by atomic mass is 9.92. The Balaban J connectivity index is 1.88. The summed E-state index contributed by atoms with van der Waals surface area (Å²) >= 11 is 0. The van der Waals surface area contributed by atoms with E-state index in [0.29, 0.717) is 12.6 Å². The largest absolute Gasteiger partial charge is 0.353 e. The smallest absolute Gasteiger partial charge is 0.244 e. The van der Waals surface area contributed by atoms with Crippen LogP contribution in [0.1, 0.15) is 38.7 Å². The molecule has 2 unspecified atom stereocenters. The Morgan fingerprint density at radius 2 is 1.90 bits per heavy atom. The number of hydrogen-bond acceptors (Lipinski definition) is 3. The van der Waals surface area contributed by atoms with Crippen LogP contribution in [0.2, 0.25) is 0 Å². The summed E-state index contributed by atoms with van der Waals surface area (Å²) in [6.45, 7) is 6.86. The van der Waals surface area contributed by atoms with E-state index < -0.39 is 5.54 Å². The fourth-order valence-corrected chi connectivity index (χ4v) is 2.83. The van der Waals surface area contributed by atoms with Gasteiger partial charge in [-0.05, 0) is 45.3 Å². The van der Waals surface area contributed by atoms with Gasteiger partial charge in [-0.1, -0.05) is 36.8 Å². The molecule has 2 atom stereocenters. The number of benzene rings is 1. The average molecular weight is 289 g/mol. The van der Waals surface area contributed by atoms with Gasteiger partial charge in [0.15, 0.2) is 0 Å². The summed E-state index contributed by atoms with van der Waals surface area (Å²) in [6, 6.07) is 9.89. The van der Waals surface area contributed by atoms with Crippen molar-refractivity contribution >= 4 is 5.91 Å². The predicted molar refractivity (Wildman–Crippen MR) is 85.9 cm³/mol. The van der Waals surface area contributed by atoms with Gasteiger partial charge in [0, 0.05) is 12.6 Å². The van der Waals surface area contributed by atoms with Gasteiger partial charge in [-0.2, -0.15) is 0 Å². The third kappa shape index (κ3) is 4.05. The molecule has 116 valence electrons. The van der Waals surface area contributed by atoms with Crippen molar-refractivity contribution in [3.63, 3.8) is 0 Å². The molecule has 0 aliphatic carbocycles. The van der Waals surface area contributed by atoms with Crippen LogP contribution in [-0.4, -0.2) is 36.5 Å². The van der Waals surface area contributed by atoms with Crippen molar-refractivity contribution in [2.75, 3.05) is 19.6 Å². The predicted octanol–water partition coefficient (Wildman–Crippen LogP) is 1.85. The Morgan fingerprint density at radius 1 is 1.29 bits per heavy atom. The number of carbonyl (C=O) groups excluding carboxylic acids is 1. The molecule has 1 fully saturated rings. The Hall–Kier alpha value is -1.39. The van der Waals surface area contributed by atoms with E-state index in [0.717, 1.165) is 18.7 Å². The fourth-order valence-electron chi connectivity index (χ4n) is 2.83. The van der Waals surface area contributed by atoms with Crippen molar-refractivity contribution in [2.24, 2.45) is 5.73 Å². The van der Waals surface area contributed by atoms with E-state index >= 15 is 0 Å². The maximum Gasteiger partial charge on any atom is 0.244 e. The molecule has 0 radical (unpaired) electrons. The lowest BCUT2D eigenvalue weighted by Gasteiger charge is -2.33. The van der Waals surface area contributed by atoms with Crippen LogP contribution in [0.4, 0.5) is 0 Å². The lowest BCUT2D eigenvalue weighted by molar-refractivity contribution is -0.126. The van der Waals surface area contributed by atoms with E-state index in [4.69, 9.17) is 5.73 Å². The number of rotatable bonds is 5. The van der Waals surface area contributed by atoms with E-state index in [9.17, 15) is 4.79 Å². The summed E-state index contributed by atoms with van der Waals surface area (Å²) in [5, 5.41) is 3.01. The van der Waals surface area contributed by atoms with Crippen molar-refractivity contribution in [3.8, 4) is 0 Å². The summed E-state index contributed by atoms with van der Waals surface area (Å²) in [5.74, 6) is -0.113. The van der Waals surface area contributed by atoms with Crippen molar-refractivity contribution < 1.29 is 4.79 Å². The summed E-state index contributed by atoms with van der Waals surface area (Å²) in [4.78, 5) is 14.8. The van der Waals surface area contributed by atoms with Gasteiger partial charge in [-0.15, -0.1) is 0 Å². The number of likely N-dealkylation sites (tertiary alicyclic amines) is 1. The Kier molecular flexibility index (Phi) is 5.37. The first-order valence-electron chi connectivity index (χ1n) is 7.88. The quantitative estimate of drug-likeness (QED) is 0.870. The van der Waals surface area contributed by atoms with E-state index in [2.05, 4.69) is 17.1 Å². The number of carbonyl (C=O) groups is 1. The number of nitrogens with one attached hydrogen (secondary N) is 1. The van der Waals surface area contributed by atoms with Gasteiger partial charge >= 0.3 is 0 Å². The first-order valence-corrected chi connectivity index (χ1v) is 7.88. The monoisotopic (exact) mass is 289 g/mol. The number of hydrogen-bond donors (Lipinski definition) is 2. The van der Waals surface area contributed by atoms with Crippen LogP contribution in [0.5, 0.6) is 0 Å². The summed E-state index contributed by atoms with van der Waals surface area (Å²) in [7, 11) is 0. The SMILES string of the molecule is CC(CNC(=O)C(C)(N)c1ccccc1)N1CCCCC1. The summed E-state index contributed by atoms with van der Waals surface area (Å²) in [6.07, 6.45) is 3.85. The molecule has 1 aliphatic heterocycles. The highest BCUT2D eigenvalue weighted by atomic mass is 16.2. The second-order valence-electron chi connectivity index (χ2n) is 6.22. The van der Waals surface area contributed by atoms with E-state index in [-0.39, 0.29) is 5.91 Å². The van der Waals surface area contributed by atoms with Crippen molar-refractivity contribution in [2.45, 2.75) is 44.7 Å².